The quantitative estimate of drug-likeness (QED) is 0.445. The number of urea groups is 1. The second-order valence-electron chi connectivity index (χ2n) is 1.74. The van der Waals surface area contributed by atoms with Crippen LogP contribution in [0.1, 0.15) is 6.92 Å². The molecular formula is C6H12N2O2. The molecular weight excluding hydrogens is 132 g/mol. The second kappa shape index (κ2) is 4.81. The van der Waals surface area contributed by atoms with Gasteiger partial charge in [0, 0.05) is 7.05 Å². The van der Waals surface area contributed by atoms with Crippen molar-refractivity contribution in [3.8, 4) is 0 Å². The Balaban J connectivity index is 3.34. The Morgan fingerprint density at radius 2 is 2.40 bits per heavy atom. The fourth-order valence-electron chi connectivity index (χ4n) is 0.246. The van der Waals surface area contributed by atoms with Crippen LogP contribution in [-0.4, -0.2) is 19.2 Å². The van der Waals surface area contributed by atoms with Crippen LogP contribution in [0.3, 0.4) is 0 Å². The molecule has 0 aliphatic carbocycles. The summed E-state index contributed by atoms with van der Waals surface area (Å²) in [6, 6.07) is -0.367. The molecule has 4 heteroatoms. The summed E-state index contributed by atoms with van der Waals surface area (Å²) in [5.74, 6) is 0. The van der Waals surface area contributed by atoms with E-state index < -0.39 is 0 Å². The summed E-state index contributed by atoms with van der Waals surface area (Å²) in [4.78, 5) is 15.2. The predicted molar refractivity (Wildman–Crippen MR) is 38.3 cm³/mol. The van der Waals surface area contributed by atoms with E-state index >= 15 is 0 Å². The molecule has 0 spiro atoms. The number of rotatable bonds is 3. The monoisotopic (exact) mass is 144 g/mol. The van der Waals surface area contributed by atoms with Gasteiger partial charge in [0.15, 0.2) is 0 Å². The summed E-state index contributed by atoms with van der Waals surface area (Å²) in [6.07, 6.45) is 1.41. The summed E-state index contributed by atoms with van der Waals surface area (Å²) in [7, 11) is 1.51. The molecule has 0 aromatic heterocycles. The Hall–Kier alpha value is -1.03. The van der Waals surface area contributed by atoms with Gasteiger partial charge in [-0.25, -0.2) is 10.3 Å². The summed E-state index contributed by atoms with van der Waals surface area (Å²) in [6.45, 7) is 5.23. The Kier molecular flexibility index (Phi) is 4.32. The van der Waals surface area contributed by atoms with Gasteiger partial charge in [0.2, 0.25) is 0 Å². The first-order chi connectivity index (χ1) is 4.70. The Morgan fingerprint density at radius 1 is 1.80 bits per heavy atom. The maximum Gasteiger partial charge on any atom is 0.338 e. The highest BCUT2D eigenvalue weighted by Gasteiger charge is 1.97. The van der Waals surface area contributed by atoms with E-state index in [9.17, 15) is 4.79 Å². The van der Waals surface area contributed by atoms with Crippen LogP contribution >= 0.6 is 0 Å². The van der Waals surface area contributed by atoms with Gasteiger partial charge in [-0.2, -0.15) is 0 Å². The number of nitrogens with one attached hydrogen (secondary N) is 2. The van der Waals surface area contributed by atoms with Crippen LogP contribution in [0.4, 0.5) is 4.79 Å². The lowest BCUT2D eigenvalue weighted by atomic mass is 10.4. The normalized spacial score (nSPS) is 11.8. The van der Waals surface area contributed by atoms with Gasteiger partial charge in [-0.05, 0) is 6.92 Å². The molecule has 1 atom stereocenters. The minimum Gasteiger partial charge on any atom is -0.339 e. The predicted octanol–water partition coefficient (Wildman–Crippen LogP) is 0.421. The van der Waals surface area contributed by atoms with Crippen molar-refractivity contribution >= 4 is 6.03 Å². The Bertz CT molecular complexity index is 125. The summed E-state index contributed by atoms with van der Waals surface area (Å²) in [5, 5.41) is 2.34. The molecule has 0 aromatic rings. The van der Waals surface area contributed by atoms with Gasteiger partial charge in [0.25, 0.3) is 0 Å². The highest BCUT2D eigenvalue weighted by molar-refractivity contribution is 5.72. The molecule has 58 valence electrons. The first kappa shape index (κ1) is 8.97. The number of hydrogen-bond acceptors (Lipinski definition) is 2. The molecule has 0 aromatic carbocycles. The maximum absolute atomic E-state index is 10.5. The molecule has 0 aliphatic rings. The van der Waals surface area contributed by atoms with Crippen LogP contribution in [0.15, 0.2) is 12.7 Å². The van der Waals surface area contributed by atoms with Crippen molar-refractivity contribution in [1.82, 2.24) is 10.8 Å². The van der Waals surface area contributed by atoms with E-state index in [0.717, 1.165) is 0 Å². The number of hydrogen-bond donors (Lipinski definition) is 2. The standard InChI is InChI=1S/C6H12N2O2/c1-4-5(2)10-8-6(9)7-3/h4-5H,1H2,2-3H3,(H2,7,8,9). The van der Waals surface area contributed by atoms with Crippen molar-refractivity contribution in [3.63, 3.8) is 0 Å². The van der Waals surface area contributed by atoms with Gasteiger partial charge in [0.05, 0.1) is 0 Å². The van der Waals surface area contributed by atoms with E-state index in [4.69, 9.17) is 4.84 Å². The zero-order valence-electron chi connectivity index (χ0n) is 6.18. The SMILES string of the molecule is C=CC(C)ONC(=O)NC. The van der Waals surface area contributed by atoms with Crippen LogP contribution in [0.2, 0.25) is 0 Å². The van der Waals surface area contributed by atoms with Crippen LogP contribution in [-0.2, 0) is 4.84 Å². The lowest BCUT2D eigenvalue weighted by Gasteiger charge is -2.07. The van der Waals surface area contributed by atoms with Crippen LogP contribution in [0.25, 0.3) is 0 Å². The first-order valence-electron chi connectivity index (χ1n) is 2.96. The van der Waals surface area contributed by atoms with Gasteiger partial charge >= 0.3 is 6.03 Å². The molecule has 0 rings (SSSR count). The highest BCUT2D eigenvalue weighted by atomic mass is 16.7. The summed E-state index contributed by atoms with van der Waals surface area (Å²) < 4.78 is 0. The minimum atomic E-state index is -0.367. The van der Waals surface area contributed by atoms with E-state index in [1.807, 2.05) is 0 Å². The first-order valence-corrected chi connectivity index (χ1v) is 2.96. The molecule has 0 radical (unpaired) electrons. The zero-order valence-corrected chi connectivity index (χ0v) is 6.18. The van der Waals surface area contributed by atoms with Gasteiger partial charge in [0.1, 0.15) is 6.10 Å². The third-order valence-electron chi connectivity index (χ3n) is 0.897. The van der Waals surface area contributed by atoms with Crippen molar-refractivity contribution in [2.45, 2.75) is 13.0 Å². The van der Waals surface area contributed by atoms with Gasteiger partial charge in [-0.1, -0.05) is 6.08 Å². The van der Waals surface area contributed by atoms with E-state index in [1.165, 1.54) is 7.05 Å². The van der Waals surface area contributed by atoms with Crippen molar-refractivity contribution in [2.75, 3.05) is 7.05 Å². The molecule has 4 nitrogen and oxygen atoms in total. The van der Waals surface area contributed by atoms with Crippen molar-refractivity contribution in [2.24, 2.45) is 0 Å². The maximum atomic E-state index is 10.5. The lowest BCUT2D eigenvalue weighted by molar-refractivity contribution is 0.0319. The number of carbonyl (C=O) groups is 1. The van der Waals surface area contributed by atoms with Crippen LogP contribution in [0.5, 0.6) is 0 Å². The second-order valence-corrected chi connectivity index (χ2v) is 1.74. The molecule has 2 N–H and O–H groups in total. The molecule has 2 amide bonds. The highest BCUT2D eigenvalue weighted by Crippen LogP contribution is 1.85. The number of amides is 2. The number of carbonyl (C=O) groups excluding carboxylic acids is 1. The molecule has 10 heavy (non-hydrogen) atoms. The van der Waals surface area contributed by atoms with Crippen molar-refractivity contribution in [1.29, 1.82) is 0 Å². The lowest BCUT2D eigenvalue weighted by Crippen LogP contribution is -2.34. The van der Waals surface area contributed by atoms with E-state index in [1.54, 1.807) is 13.0 Å². The third-order valence-corrected chi connectivity index (χ3v) is 0.897. The average molecular weight is 144 g/mol. The number of hydroxylamine groups is 1. The molecule has 0 saturated heterocycles. The molecule has 0 bridgehead atoms. The molecule has 0 aliphatic heterocycles. The van der Waals surface area contributed by atoms with E-state index in [-0.39, 0.29) is 12.1 Å². The van der Waals surface area contributed by atoms with Gasteiger partial charge < -0.3 is 5.32 Å². The molecule has 1 unspecified atom stereocenters. The van der Waals surface area contributed by atoms with Crippen molar-refractivity contribution in [3.05, 3.63) is 12.7 Å². The average Bonchev–Trinajstić information content (AvgIpc) is 1.99. The fraction of sp³-hybridized carbons (Fsp3) is 0.500. The van der Waals surface area contributed by atoms with Gasteiger partial charge in [-0.3, -0.25) is 4.84 Å². The minimum absolute atomic E-state index is 0.169. The fourth-order valence-corrected chi connectivity index (χ4v) is 0.246. The molecule has 0 fully saturated rings. The van der Waals surface area contributed by atoms with E-state index in [2.05, 4.69) is 17.4 Å². The van der Waals surface area contributed by atoms with Crippen LogP contribution < -0.4 is 10.8 Å². The molecule has 0 heterocycles. The zero-order chi connectivity index (χ0) is 7.98. The summed E-state index contributed by atoms with van der Waals surface area (Å²) >= 11 is 0. The Morgan fingerprint density at radius 3 is 2.80 bits per heavy atom. The van der Waals surface area contributed by atoms with E-state index in [0.29, 0.717) is 0 Å². The smallest absolute Gasteiger partial charge is 0.338 e. The van der Waals surface area contributed by atoms with Crippen molar-refractivity contribution < 1.29 is 9.63 Å². The largest absolute Gasteiger partial charge is 0.339 e. The van der Waals surface area contributed by atoms with Crippen LogP contribution in [0, 0.1) is 0 Å². The third kappa shape index (κ3) is 3.91. The summed E-state index contributed by atoms with van der Waals surface area (Å²) in [5.41, 5.74) is 2.16. The van der Waals surface area contributed by atoms with Gasteiger partial charge in [-0.15, -0.1) is 6.58 Å². The topological polar surface area (TPSA) is 50.4 Å². The Labute approximate surface area is 60.2 Å². The molecule has 0 saturated carbocycles.